The third-order valence-electron chi connectivity index (χ3n) is 2.93. The maximum absolute atomic E-state index is 12.0. The zero-order valence-corrected chi connectivity index (χ0v) is 14.7. The Bertz CT molecular complexity index is 284. The number of carbonyl (C=O) groups excluding carboxylic acids is 1. The summed E-state index contributed by atoms with van der Waals surface area (Å²) in [6.45, 7) is 12.8. The molecule has 1 saturated carbocycles. The molecule has 3 nitrogen and oxygen atoms in total. The maximum Gasteiger partial charge on any atom is 0.295 e. The van der Waals surface area contributed by atoms with Gasteiger partial charge < -0.3 is 8.85 Å². The molecule has 5 heteroatoms. The molecule has 0 spiro atoms. The van der Waals surface area contributed by atoms with Crippen LogP contribution < -0.4 is 0 Å². The van der Waals surface area contributed by atoms with Crippen LogP contribution in [0.1, 0.15) is 25.7 Å². The Kier molecular flexibility index (Phi) is 5.20. The van der Waals surface area contributed by atoms with Crippen molar-refractivity contribution < 1.29 is 13.6 Å². The van der Waals surface area contributed by atoms with E-state index in [9.17, 15) is 4.79 Å². The molecule has 0 aliphatic heterocycles. The minimum Gasteiger partial charge on any atom is -0.520 e. The van der Waals surface area contributed by atoms with E-state index in [0.29, 0.717) is 6.10 Å². The Hall–Kier alpha value is -0.136. The summed E-state index contributed by atoms with van der Waals surface area (Å²) >= 11 is 0. The monoisotopic (exact) mass is 288 g/mol. The average molecular weight is 289 g/mol. The fraction of sp³-hybridized carbons (Fsp3) is 0.923. The molecule has 0 saturated heterocycles. The fourth-order valence-corrected chi connectivity index (χ4v) is 4.31. The minimum atomic E-state index is -1.73. The van der Waals surface area contributed by atoms with Crippen LogP contribution in [0.4, 0.5) is 0 Å². The lowest BCUT2D eigenvalue weighted by Gasteiger charge is -2.33. The summed E-state index contributed by atoms with van der Waals surface area (Å²) in [5.41, 5.74) is 0. The Morgan fingerprint density at radius 1 is 0.889 bits per heavy atom. The second kappa shape index (κ2) is 5.88. The van der Waals surface area contributed by atoms with Gasteiger partial charge in [-0.3, -0.25) is 4.79 Å². The predicted molar refractivity (Wildman–Crippen MR) is 79.6 cm³/mol. The third-order valence-corrected chi connectivity index (χ3v) is 4.79. The highest BCUT2D eigenvalue weighted by Crippen LogP contribution is 2.29. The van der Waals surface area contributed by atoms with Gasteiger partial charge in [0.05, 0.1) is 5.92 Å². The molecule has 1 aliphatic rings. The Labute approximate surface area is 114 Å². The summed E-state index contributed by atoms with van der Waals surface area (Å²) in [6, 6.07) is 0. The van der Waals surface area contributed by atoms with E-state index in [1.165, 1.54) is 0 Å². The molecule has 0 atom stereocenters. The van der Waals surface area contributed by atoms with E-state index in [1.54, 1.807) is 0 Å². The molecule has 1 aliphatic carbocycles. The van der Waals surface area contributed by atoms with Crippen LogP contribution in [0.3, 0.4) is 0 Å². The van der Waals surface area contributed by atoms with Crippen molar-refractivity contribution in [3.8, 4) is 0 Å². The van der Waals surface area contributed by atoms with Crippen LogP contribution in [0.2, 0.25) is 39.3 Å². The first-order chi connectivity index (χ1) is 8.07. The van der Waals surface area contributed by atoms with E-state index in [1.807, 2.05) is 0 Å². The van der Waals surface area contributed by atoms with E-state index in [2.05, 4.69) is 39.3 Å². The standard InChI is InChI=1S/C13H28O3Si2/c1-17(2,3)15-12-9-7-11(8-10-12)13(14)16-18(4,5)6/h11-12H,7-10H2,1-6H3. The first-order valence-electron chi connectivity index (χ1n) is 6.97. The minimum absolute atomic E-state index is 0.0284. The molecule has 0 N–H and O–H groups in total. The highest BCUT2D eigenvalue weighted by molar-refractivity contribution is 6.71. The first-order valence-corrected chi connectivity index (χ1v) is 13.8. The van der Waals surface area contributed by atoms with Crippen LogP contribution in [0.25, 0.3) is 0 Å². The molecule has 0 aromatic heterocycles. The molecule has 18 heavy (non-hydrogen) atoms. The summed E-state index contributed by atoms with van der Waals surface area (Å²) in [6.07, 6.45) is 4.25. The van der Waals surface area contributed by atoms with Gasteiger partial charge in [0.1, 0.15) is 0 Å². The van der Waals surface area contributed by atoms with Crippen molar-refractivity contribution in [2.24, 2.45) is 5.92 Å². The van der Waals surface area contributed by atoms with Crippen molar-refractivity contribution in [2.75, 3.05) is 0 Å². The summed E-state index contributed by atoms with van der Waals surface area (Å²) in [4.78, 5) is 12.0. The summed E-state index contributed by atoms with van der Waals surface area (Å²) < 4.78 is 11.7. The average Bonchev–Trinajstić information content (AvgIpc) is 2.13. The van der Waals surface area contributed by atoms with Gasteiger partial charge in [0.25, 0.3) is 5.97 Å². The number of hydrogen-bond donors (Lipinski definition) is 0. The van der Waals surface area contributed by atoms with Gasteiger partial charge in [-0.15, -0.1) is 0 Å². The fourth-order valence-electron chi connectivity index (χ4n) is 2.30. The Morgan fingerprint density at radius 2 is 1.39 bits per heavy atom. The first kappa shape index (κ1) is 15.9. The molecule has 0 aromatic carbocycles. The van der Waals surface area contributed by atoms with Gasteiger partial charge in [-0.05, 0) is 65.0 Å². The van der Waals surface area contributed by atoms with Crippen LogP contribution >= 0.6 is 0 Å². The highest BCUT2D eigenvalue weighted by Gasteiger charge is 2.32. The van der Waals surface area contributed by atoms with Crippen LogP contribution in [0.5, 0.6) is 0 Å². The van der Waals surface area contributed by atoms with Crippen molar-refractivity contribution in [1.82, 2.24) is 0 Å². The number of rotatable bonds is 4. The summed E-state index contributed by atoms with van der Waals surface area (Å²) in [5, 5.41) is 0. The molecule has 1 rings (SSSR count). The van der Waals surface area contributed by atoms with Gasteiger partial charge in [0.2, 0.25) is 8.32 Å². The number of carbonyl (C=O) groups is 1. The van der Waals surface area contributed by atoms with E-state index >= 15 is 0 Å². The van der Waals surface area contributed by atoms with Gasteiger partial charge >= 0.3 is 0 Å². The molecule has 0 heterocycles. The zero-order chi connectivity index (χ0) is 14.0. The van der Waals surface area contributed by atoms with E-state index in [4.69, 9.17) is 8.85 Å². The van der Waals surface area contributed by atoms with Crippen LogP contribution in [0, 0.1) is 5.92 Å². The Balaban J connectivity index is 2.37. The second-order valence-corrected chi connectivity index (χ2v) is 16.1. The zero-order valence-electron chi connectivity index (χ0n) is 12.7. The SMILES string of the molecule is C[Si](C)(C)OC(=O)C1CCC(O[Si](C)(C)C)CC1. The molecule has 0 amide bonds. The maximum atomic E-state index is 12.0. The highest BCUT2D eigenvalue weighted by atomic mass is 28.4. The van der Waals surface area contributed by atoms with Gasteiger partial charge in [-0.1, -0.05) is 0 Å². The molecule has 1 fully saturated rings. The predicted octanol–water partition coefficient (Wildman–Crippen LogP) is 3.77. The molecule has 0 unspecified atom stereocenters. The third kappa shape index (κ3) is 6.15. The smallest absolute Gasteiger partial charge is 0.295 e. The van der Waals surface area contributed by atoms with Crippen molar-refractivity contribution in [3.63, 3.8) is 0 Å². The molecular formula is C13H28O3Si2. The lowest BCUT2D eigenvalue weighted by Crippen LogP contribution is -2.38. The van der Waals surface area contributed by atoms with Crippen molar-refractivity contribution in [2.45, 2.75) is 71.1 Å². The normalized spacial score (nSPS) is 25.9. The van der Waals surface area contributed by atoms with Gasteiger partial charge in [0, 0.05) is 6.10 Å². The van der Waals surface area contributed by atoms with E-state index < -0.39 is 16.6 Å². The van der Waals surface area contributed by atoms with Crippen LogP contribution in [0.15, 0.2) is 0 Å². The van der Waals surface area contributed by atoms with Crippen molar-refractivity contribution >= 4 is 22.6 Å². The van der Waals surface area contributed by atoms with Crippen LogP contribution in [-0.2, 0) is 13.6 Å². The van der Waals surface area contributed by atoms with Crippen molar-refractivity contribution in [3.05, 3.63) is 0 Å². The van der Waals surface area contributed by atoms with Gasteiger partial charge in [0.15, 0.2) is 8.32 Å². The molecule has 106 valence electrons. The lowest BCUT2D eigenvalue weighted by atomic mass is 9.88. The van der Waals surface area contributed by atoms with Gasteiger partial charge in [-0.25, -0.2) is 0 Å². The topological polar surface area (TPSA) is 35.5 Å². The molecule has 0 aromatic rings. The van der Waals surface area contributed by atoms with Crippen molar-refractivity contribution in [1.29, 1.82) is 0 Å². The molecule has 0 bridgehead atoms. The largest absolute Gasteiger partial charge is 0.520 e. The van der Waals surface area contributed by atoms with E-state index in [-0.39, 0.29) is 11.9 Å². The number of hydrogen-bond acceptors (Lipinski definition) is 3. The van der Waals surface area contributed by atoms with E-state index in [0.717, 1.165) is 25.7 Å². The molecular weight excluding hydrogens is 260 g/mol. The van der Waals surface area contributed by atoms with Crippen LogP contribution in [-0.4, -0.2) is 28.7 Å². The summed E-state index contributed by atoms with van der Waals surface area (Å²) in [5.74, 6) is 0.138. The Morgan fingerprint density at radius 3 is 1.78 bits per heavy atom. The summed E-state index contributed by atoms with van der Waals surface area (Å²) in [7, 11) is -3.17. The molecule has 0 radical (unpaired) electrons. The quantitative estimate of drug-likeness (QED) is 0.739. The van der Waals surface area contributed by atoms with Gasteiger partial charge in [-0.2, -0.15) is 0 Å². The lowest BCUT2D eigenvalue weighted by molar-refractivity contribution is -0.141. The second-order valence-electron chi connectivity index (χ2n) is 7.24.